The number of carbonyl (C=O) groups is 1. The first-order valence-corrected chi connectivity index (χ1v) is 7.82. The van der Waals surface area contributed by atoms with Crippen LogP contribution in [-0.4, -0.2) is 26.7 Å². The summed E-state index contributed by atoms with van der Waals surface area (Å²) in [6.07, 6.45) is 0. The summed E-state index contributed by atoms with van der Waals surface area (Å²) in [4.78, 5) is 12.2. The highest BCUT2D eigenvalue weighted by molar-refractivity contribution is 5.81. The quantitative estimate of drug-likeness (QED) is 0.810. The molecule has 2 aromatic rings. The maximum Gasteiger partial charge on any atom is 0.239 e. The summed E-state index contributed by atoms with van der Waals surface area (Å²) in [6.45, 7) is 2.01. The number of nitriles is 1. The van der Waals surface area contributed by atoms with Gasteiger partial charge in [-0.05, 0) is 49.4 Å². The molecule has 130 valence electrons. The molecule has 6 nitrogen and oxygen atoms in total. The standard InChI is InChI=1S/C19H21N3O3/c1-13(17-10-16(24-2)8-9-18(17)25-3)22-19(23)12-21-15-6-4-14(11-20)5-7-15/h4-10,13,21H,12H2,1-3H3,(H,22,23). The molecule has 1 unspecified atom stereocenters. The molecule has 0 saturated carbocycles. The van der Waals surface area contributed by atoms with E-state index in [1.807, 2.05) is 25.1 Å². The molecule has 0 spiro atoms. The van der Waals surface area contributed by atoms with Crippen LogP contribution in [0.3, 0.4) is 0 Å². The van der Waals surface area contributed by atoms with Gasteiger partial charge in [-0.25, -0.2) is 0 Å². The lowest BCUT2D eigenvalue weighted by Gasteiger charge is -2.18. The Morgan fingerprint density at radius 3 is 2.48 bits per heavy atom. The molecular formula is C19H21N3O3. The van der Waals surface area contributed by atoms with E-state index in [0.717, 1.165) is 11.3 Å². The van der Waals surface area contributed by atoms with Gasteiger partial charge in [-0.15, -0.1) is 0 Å². The van der Waals surface area contributed by atoms with Crippen LogP contribution in [0, 0.1) is 11.3 Å². The summed E-state index contributed by atoms with van der Waals surface area (Å²) in [5.74, 6) is 1.24. The Morgan fingerprint density at radius 1 is 1.16 bits per heavy atom. The van der Waals surface area contributed by atoms with Crippen molar-refractivity contribution in [3.05, 3.63) is 53.6 Å². The van der Waals surface area contributed by atoms with Gasteiger partial charge in [0, 0.05) is 11.3 Å². The van der Waals surface area contributed by atoms with Gasteiger partial charge in [-0.3, -0.25) is 4.79 Å². The SMILES string of the molecule is COc1ccc(OC)c(C(C)NC(=O)CNc2ccc(C#N)cc2)c1. The van der Waals surface area contributed by atoms with Crippen LogP contribution in [0.5, 0.6) is 11.5 Å². The van der Waals surface area contributed by atoms with E-state index in [9.17, 15) is 4.79 Å². The molecule has 2 rings (SSSR count). The fourth-order valence-corrected chi connectivity index (χ4v) is 2.39. The molecule has 1 atom stereocenters. The summed E-state index contributed by atoms with van der Waals surface area (Å²) < 4.78 is 10.6. The maximum atomic E-state index is 12.2. The second-order valence-electron chi connectivity index (χ2n) is 5.44. The normalized spacial score (nSPS) is 11.1. The third-order valence-electron chi connectivity index (χ3n) is 3.75. The highest BCUT2D eigenvalue weighted by Crippen LogP contribution is 2.29. The Balaban J connectivity index is 1.96. The minimum absolute atomic E-state index is 0.128. The lowest BCUT2D eigenvalue weighted by Crippen LogP contribution is -2.32. The Hall–Kier alpha value is -3.20. The molecule has 1 amide bonds. The highest BCUT2D eigenvalue weighted by atomic mass is 16.5. The Morgan fingerprint density at radius 2 is 1.88 bits per heavy atom. The van der Waals surface area contributed by atoms with Crippen molar-refractivity contribution in [3.8, 4) is 17.6 Å². The smallest absolute Gasteiger partial charge is 0.239 e. The van der Waals surface area contributed by atoms with E-state index < -0.39 is 0 Å². The molecule has 2 aromatic carbocycles. The number of nitrogens with one attached hydrogen (secondary N) is 2. The van der Waals surface area contributed by atoms with E-state index >= 15 is 0 Å². The molecule has 0 aromatic heterocycles. The zero-order valence-electron chi connectivity index (χ0n) is 14.5. The van der Waals surface area contributed by atoms with E-state index in [1.54, 1.807) is 38.5 Å². The van der Waals surface area contributed by atoms with Gasteiger partial charge < -0.3 is 20.1 Å². The number of methoxy groups -OCH3 is 2. The van der Waals surface area contributed by atoms with Crippen LogP contribution < -0.4 is 20.1 Å². The average molecular weight is 339 g/mol. The van der Waals surface area contributed by atoms with E-state index in [2.05, 4.69) is 16.7 Å². The third kappa shape index (κ3) is 4.88. The summed E-state index contributed by atoms with van der Waals surface area (Å²) in [5.41, 5.74) is 2.20. The van der Waals surface area contributed by atoms with Crippen molar-refractivity contribution in [1.82, 2.24) is 5.32 Å². The Labute approximate surface area is 147 Å². The number of anilines is 1. The maximum absolute atomic E-state index is 12.2. The minimum Gasteiger partial charge on any atom is -0.497 e. The average Bonchev–Trinajstić information content (AvgIpc) is 2.66. The van der Waals surface area contributed by atoms with E-state index in [-0.39, 0.29) is 18.5 Å². The second-order valence-corrected chi connectivity index (χ2v) is 5.44. The van der Waals surface area contributed by atoms with E-state index in [0.29, 0.717) is 17.1 Å². The first-order valence-electron chi connectivity index (χ1n) is 7.82. The monoisotopic (exact) mass is 339 g/mol. The third-order valence-corrected chi connectivity index (χ3v) is 3.75. The number of nitrogens with zero attached hydrogens (tertiary/aromatic N) is 1. The van der Waals surface area contributed by atoms with Crippen molar-refractivity contribution >= 4 is 11.6 Å². The molecule has 0 aliphatic rings. The van der Waals surface area contributed by atoms with Crippen LogP contribution in [0.2, 0.25) is 0 Å². The van der Waals surface area contributed by atoms with Crippen molar-refractivity contribution in [2.45, 2.75) is 13.0 Å². The lowest BCUT2D eigenvalue weighted by molar-refractivity contribution is -0.120. The molecule has 0 fully saturated rings. The Kier molecular flexibility index (Phi) is 6.24. The fraction of sp³-hybridized carbons (Fsp3) is 0.263. The van der Waals surface area contributed by atoms with Gasteiger partial charge in [0.15, 0.2) is 0 Å². The molecule has 0 heterocycles. The van der Waals surface area contributed by atoms with Crippen molar-refractivity contribution in [3.63, 3.8) is 0 Å². The van der Waals surface area contributed by atoms with Crippen molar-refractivity contribution < 1.29 is 14.3 Å². The first kappa shape index (κ1) is 18.1. The number of ether oxygens (including phenoxy) is 2. The van der Waals surface area contributed by atoms with Gasteiger partial charge in [0.05, 0.1) is 38.4 Å². The topological polar surface area (TPSA) is 83.4 Å². The number of amides is 1. The molecule has 6 heteroatoms. The van der Waals surface area contributed by atoms with Crippen molar-refractivity contribution in [2.24, 2.45) is 0 Å². The van der Waals surface area contributed by atoms with E-state index in [4.69, 9.17) is 14.7 Å². The largest absolute Gasteiger partial charge is 0.497 e. The van der Waals surface area contributed by atoms with Crippen molar-refractivity contribution in [1.29, 1.82) is 5.26 Å². The number of hydrogen-bond donors (Lipinski definition) is 2. The van der Waals surface area contributed by atoms with Crippen LogP contribution >= 0.6 is 0 Å². The molecule has 0 bridgehead atoms. The number of carbonyl (C=O) groups excluding carboxylic acids is 1. The van der Waals surface area contributed by atoms with Gasteiger partial charge in [-0.1, -0.05) is 0 Å². The van der Waals surface area contributed by atoms with Gasteiger partial charge in [0.25, 0.3) is 0 Å². The lowest BCUT2D eigenvalue weighted by atomic mass is 10.1. The molecule has 0 aliphatic carbocycles. The molecule has 0 aliphatic heterocycles. The first-order chi connectivity index (χ1) is 12.1. The minimum atomic E-state index is -0.236. The van der Waals surface area contributed by atoms with Crippen LogP contribution in [-0.2, 0) is 4.79 Å². The molecule has 2 N–H and O–H groups in total. The summed E-state index contributed by atoms with van der Waals surface area (Å²) in [7, 11) is 3.18. The van der Waals surface area contributed by atoms with Crippen LogP contribution in [0.15, 0.2) is 42.5 Å². The summed E-state index contributed by atoms with van der Waals surface area (Å²) in [6, 6.07) is 14.2. The number of benzene rings is 2. The number of rotatable bonds is 7. The van der Waals surface area contributed by atoms with Gasteiger partial charge in [0.2, 0.25) is 5.91 Å². The number of hydrogen-bond acceptors (Lipinski definition) is 5. The van der Waals surface area contributed by atoms with Crippen molar-refractivity contribution in [2.75, 3.05) is 26.1 Å². The predicted molar refractivity (Wildman–Crippen MR) is 95.8 cm³/mol. The molecular weight excluding hydrogens is 318 g/mol. The fourth-order valence-electron chi connectivity index (χ4n) is 2.39. The van der Waals surface area contributed by atoms with Gasteiger partial charge >= 0.3 is 0 Å². The van der Waals surface area contributed by atoms with Crippen LogP contribution in [0.4, 0.5) is 5.69 Å². The molecule has 0 radical (unpaired) electrons. The molecule has 25 heavy (non-hydrogen) atoms. The summed E-state index contributed by atoms with van der Waals surface area (Å²) in [5, 5.41) is 14.7. The summed E-state index contributed by atoms with van der Waals surface area (Å²) >= 11 is 0. The van der Waals surface area contributed by atoms with Gasteiger partial charge in [-0.2, -0.15) is 5.26 Å². The zero-order valence-corrected chi connectivity index (χ0v) is 14.5. The van der Waals surface area contributed by atoms with Gasteiger partial charge in [0.1, 0.15) is 11.5 Å². The second kappa shape index (κ2) is 8.60. The predicted octanol–water partition coefficient (Wildman–Crippen LogP) is 2.86. The van der Waals surface area contributed by atoms with Crippen LogP contribution in [0.1, 0.15) is 24.1 Å². The Bertz CT molecular complexity index is 766. The van der Waals surface area contributed by atoms with Crippen LogP contribution in [0.25, 0.3) is 0 Å². The molecule has 0 saturated heterocycles. The van der Waals surface area contributed by atoms with E-state index in [1.165, 1.54) is 0 Å². The zero-order chi connectivity index (χ0) is 18.2. The highest BCUT2D eigenvalue weighted by Gasteiger charge is 2.15.